The summed E-state index contributed by atoms with van der Waals surface area (Å²) in [7, 11) is 0. The van der Waals surface area contributed by atoms with Crippen molar-refractivity contribution < 1.29 is 4.79 Å². The molecule has 108 valence electrons. The van der Waals surface area contributed by atoms with E-state index >= 15 is 0 Å². The van der Waals surface area contributed by atoms with E-state index in [0.717, 1.165) is 19.5 Å². The number of aromatic nitrogens is 1. The van der Waals surface area contributed by atoms with Gasteiger partial charge in [0.2, 0.25) is 5.91 Å². The SMILES string of the molecule is Cc1ccc2n1CCN(C(=O)C1CC3CCC1N3)C2C. The molecule has 1 aromatic heterocycles. The number of nitrogens with zero attached hydrogens (tertiary/aromatic N) is 2. The molecular weight excluding hydrogens is 250 g/mol. The number of hydrogen-bond acceptors (Lipinski definition) is 2. The maximum absolute atomic E-state index is 12.9. The fourth-order valence-electron chi connectivity index (χ4n) is 4.43. The molecule has 0 aliphatic carbocycles. The molecule has 1 aromatic rings. The average molecular weight is 273 g/mol. The van der Waals surface area contributed by atoms with Gasteiger partial charge in [-0.25, -0.2) is 0 Å². The Morgan fingerprint density at radius 1 is 1.30 bits per heavy atom. The summed E-state index contributed by atoms with van der Waals surface area (Å²) in [5.41, 5.74) is 2.60. The zero-order valence-electron chi connectivity index (χ0n) is 12.3. The van der Waals surface area contributed by atoms with Crippen molar-refractivity contribution in [1.82, 2.24) is 14.8 Å². The summed E-state index contributed by atoms with van der Waals surface area (Å²) in [5.74, 6) is 0.598. The molecule has 2 saturated heterocycles. The number of carbonyl (C=O) groups excluding carboxylic acids is 1. The molecule has 2 fully saturated rings. The monoisotopic (exact) mass is 273 g/mol. The van der Waals surface area contributed by atoms with Gasteiger partial charge < -0.3 is 14.8 Å². The highest BCUT2D eigenvalue weighted by molar-refractivity contribution is 5.81. The van der Waals surface area contributed by atoms with Crippen LogP contribution in [0.4, 0.5) is 0 Å². The number of rotatable bonds is 1. The highest BCUT2D eigenvalue weighted by atomic mass is 16.2. The van der Waals surface area contributed by atoms with E-state index in [4.69, 9.17) is 0 Å². The molecule has 4 heterocycles. The smallest absolute Gasteiger partial charge is 0.227 e. The molecule has 3 aliphatic heterocycles. The van der Waals surface area contributed by atoms with Crippen LogP contribution in [-0.2, 0) is 11.3 Å². The summed E-state index contributed by atoms with van der Waals surface area (Å²) >= 11 is 0. The first-order valence-corrected chi connectivity index (χ1v) is 7.87. The molecule has 1 amide bonds. The van der Waals surface area contributed by atoms with Gasteiger partial charge in [-0.2, -0.15) is 0 Å². The van der Waals surface area contributed by atoms with Crippen molar-refractivity contribution in [3.05, 3.63) is 23.5 Å². The van der Waals surface area contributed by atoms with Crippen LogP contribution in [0.25, 0.3) is 0 Å². The Bertz CT molecular complexity index is 550. The predicted octanol–water partition coefficient (Wildman–Crippen LogP) is 1.84. The molecule has 3 aliphatic rings. The molecule has 4 heteroatoms. The quantitative estimate of drug-likeness (QED) is 0.848. The summed E-state index contributed by atoms with van der Waals surface area (Å²) in [5, 5.41) is 3.58. The van der Waals surface area contributed by atoms with Crippen LogP contribution in [0.1, 0.15) is 43.6 Å². The normalized spacial score (nSPS) is 35.4. The van der Waals surface area contributed by atoms with E-state index in [-0.39, 0.29) is 12.0 Å². The molecule has 0 radical (unpaired) electrons. The molecule has 4 unspecified atom stereocenters. The molecule has 0 spiro atoms. The highest BCUT2D eigenvalue weighted by Gasteiger charge is 2.45. The predicted molar refractivity (Wildman–Crippen MR) is 77.3 cm³/mol. The molecule has 20 heavy (non-hydrogen) atoms. The number of hydrogen-bond donors (Lipinski definition) is 1. The second kappa shape index (κ2) is 4.35. The van der Waals surface area contributed by atoms with Crippen molar-refractivity contribution >= 4 is 5.91 Å². The Morgan fingerprint density at radius 2 is 2.15 bits per heavy atom. The Labute approximate surface area is 120 Å². The summed E-state index contributed by atoms with van der Waals surface area (Å²) in [6.07, 6.45) is 3.48. The molecule has 4 rings (SSSR count). The fourth-order valence-corrected chi connectivity index (χ4v) is 4.43. The van der Waals surface area contributed by atoms with Gasteiger partial charge in [-0.1, -0.05) is 0 Å². The topological polar surface area (TPSA) is 37.3 Å². The Morgan fingerprint density at radius 3 is 2.85 bits per heavy atom. The second-order valence-electron chi connectivity index (χ2n) is 6.65. The van der Waals surface area contributed by atoms with Crippen LogP contribution in [0, 0.1) is 12.8 Å². The zero-order valence-corrected chi connectivity index (χ0v) is 12.3. The molecule has 0 aromatic carbocycles. The van der Waals surface area contributed by atoms with Gasteiger partial charge in [-0.3, -0.25) is 4.79 Å². The van der Waals surface area contributed by atoms with E-state index in [0.29, 0.717) is 18.0 Å². The van der Waals surface area contributed by atoms with Gasteiger partial charge in [0.05, 0.1) is 12.0 Å². The minimum Gasteiger partial charge on any atom is -0.345 e. The van der Waals surface area contributed by atoms with Crippen molar-refractivity contribution in [1.29, 1.82) is 0 Å². The van der Waals surface area contributed by atoms with Crippen LogP contribution in [0.15, 0.2) is 12.1 Å². The van der Waals surface area contributed by atoms with Gasteiger partial charge in [0.15, 0.2) is 0 Å². The third-order valence-electron chi connectivity index (χ3n) is 5.59. The van der Waals surface area contributed by atoms with E-state index in [1.165, 1.54) is 24.2 Å². The minimum absolute atomic E-state index is 0.212. The molecule has 0 saturated carbocycles. The van der Waals surface area contributed by atoms with Crippen LogP contribution in [0.3, 0.4) is 0 Å². The average Bonchev–Trinajstić information content (AvgIpc) is 3.14. The zero-order chi connectivity index (χ0) is 13.9. The Balaban J connectivity index is 1.56. The molecule has 1 N–H and O–H groups in total. The van der Waals surface area contributed by atoms with Gasteiger partial charge in [0, 0.05) is 36.6 Å². The summed E-state index contributed by atoms with van der Waals surface area (Å²) < 4.78 is 2.35. The number of fused-ring (bicyclic) bond motifs is 3. The van der Waals surface area contributed by atoms with Gasteiger partial charge in [0.25, 0.3) is 0 Å². The van der Waals surface area contributed by atoms with Gasteiger partial charge >= 0.3 is 0 Å². The van der Waals surface area contributed by atoms with Crippen molar-refractivity contribution in [2.75, 3.05) is 6.54 Å². The third kappa shape index (κ3) is 1.67. The lowest BCUT2D eigenvalue weighted by atomic mass is 9.87. The summed E-state index contributed by atoms with van der Waals surface area (Å²) in [6.45, 7) is 6.12. The van der Waals surface area contributed by atoms with Crippen LogP contribution >= 0.6 is 0 Å². The molecule has 4 atom stereocenters. The van der Waals surface area contributed by atoms with Crippen LogP contribution in [-0.4, -0.2) is 34.0 Å². The lowest BCUT2D eigenvalue weighted by Gasteiger charge is -2.38. The maximum atomic E-state index is 12.9. The number of carbonyl (C=O) groups is 1. The van der Waals surface area contributed by atoms with Crippen LogP contribution in [0.2, 0.25) is 0 Å². The Hall–Kier alpha value is -1.29. The first-order valence-electron chi connectivity index (χ1n) is 7.87. The van der Waals surface area contributed by atoms with E-state index in [9.17, 15) is 4.79 Å². The van der Waals surface area contributed by atoms with Gasteiger partial charge in [-0.15, -0.1) is 0 Å². The lowest BCUT2D eigenvalue weighted by molar-refractivity contribution is -0.139. The molecule has 2 bridgehead atoms. The van der Waals surface area contributed by atoms with E-state index in [2.05, 4.69) is 40.8 Å². The molecule has 4 nitrogen and oxygen atoms in total. The number of nitrogens with one attached hydrogen (secondary N) is 1. The lowest BCUT2D eigenvalue weighted by Crippen LogP contribution is -2.46. The van der Waals surface area contributed by atoms with E-state index < -0.39 is 0 Å². The van der Waals surface area contributed by atoms with E-state index in [1.807, 2.05) is 0 Å². The minimum atomic E-state index is 0.212. The van der Waals surface area contributed by atoms with Gasteiger partial charge in [-0.05, 0) is 45.2 Å². The third-order valence-corrected chi connectivity index (χ3v) is 5.59. The maximum Gasteiger partial charge on any atom is 0.227 e. The van der Waals surface area contributed by atoms with Crippen molar-refractivity contribution in [2.24, 2.45) is 5.92 Å². The number of amides is 1. The number of aryl methyl sites for hydroxylation is 1. The fraction of sp³-hybridized carbons (Fsp3) is 0.688. The second-order valence-corrected chi connectivity index (χ2v) is 6.65. The summed E-state index contributed by atoms with van der Waals surface area (Å²) in [6, 6.07) is 5.59. The standard InChI is InChI=1S/C16H23N3O/c1-10-3-6-15-11(2)19(8-7-18(10)15)16(20)13-9-12-4-5-14(13)17-12/h3,6,11-14,17H,4-5,7-9H2,1-2H3. The van der Waals surface area contributed by atoms with E-state index in [1.54, 1.807) is 0 Å². The Kier molecular flexibility index (Phi) is 2.71. The molecular formula is C16H23N3O. The summed E-state index contributed by atoms with van der Waals surface area (Å²) in [4.78, 5) is 15.0. The largest absolute Gasteiger partial charge is 0.345 e. The van der Waals surface area contributed by atoms with Crippen molar-refractivity contribution in [3.8, 4) is 0 Å². The van der Waals surface area contributed by atoms with Crippen LogP contribution < -0.4 is 5.32 Å². The first kappa shape index (κ1) is 12.5. The highest BCUT2D eigenvalue weighted by Crippen LogP contribution is 2.37. The first-order chi connectivity index (χ1) is 9.65. The van der Waals surface area contributed by atoms with Crippen LogP contribution in [0.5, 0.6) is 0 Å². The van der Waals surface area contributed by atoms with Crippen molar-refractivity contribution in [2.45, 2.75) is 57.8 Å². The van der Waals surface area contributed by atoms with Gasteiger partial charge in [0.1, 0.15) is 0 Å². The van der Waals surface area contributed by atoms with Crippen molar-refractivity contribution in [3.63, 3.8) is 0 Å².